The van der Waals surface area contributed by atoms with E-state index in [1.54, 1.807) is 4.68 Å². The van der Waals surface area contributed by atoms with Gasteiger partial charge in [-0.05, 0) is 18.4 Å². The number of aryl methyl sites for hydroxylation is 1. The van der Waals surface area contributed by atoms with Gasteiger partial charge < -0.3 is 15.5 Å². The van der Waals surface area contributed by atoms with Crippen LogP contribution in [-0.4, -0.2) is 58.2 Å². The Hall–Kier alpha value is -1.89. The zero-order valence-corrected chi connectivity index (χ0v) is 13.4. The number of likely N-dealkylation sites (tertiary alicyclic amines) is 1. The molecule has 4 rings (SSSR count). The molecule has 1 aromatic heterocycles. The van der Waals surface area contributed by atoms with Crippen LogP contribution in [0.5, 0.6) is 0 Å². The van der Waals surface area contributed by atoms with E-state index in [9.17, 15) is 9.59 Å². The van der Waals surface area contributed by atoms with Gasteiger partial charge in [-0.15, -0.1) is 0 Å². The second-order valence-corrected chi connectivity index (χ2v) is 7.01. The first-order valence-electron chi connectivity index (χ1n) is 8.41. The van der Waals surface area contributed by atoms with E-state index < -0.39 is 0 Å². The van der Waals surface area contributed by atoms with E-state index in [2.05, 4.69) is 15.7 Å². The van der Waals surface area contributed by atoms with Crippen molar-refractivity contribution in [3.05, 3.63) is 18.0 Å². The van der Waals surface area contributed by atoms with Crippen molar-refractivity contribution in [2.75, 3.05) is 19.6 Å². The third-order valence-electron chi connectivity index (χ3n) is 5.20. The van der Waals surface area contributed by atoms with Crippen molar-refractivity contribution < 1.29 is 9.59 Å². The van der Waals surface area contributed by atoms with Gasteiger partial charge in [-0.1, -0.05) is 0 Å². The molecule has 2 saturated heterocycles. The molecule has 3 atom stereocenters. The van der Waals surface area contributed by atoms with Gasteiger partial charge in [-0.25, -0.2) is 0 Å². The quantitative estimate of drug-likeness (QED) is 0.792. The molecule has 3 aliphatic rings. The molecule has 2 aliphatic heterocycles. The average Bonchev–Trinajstić information content (AvgIpc) is 2.93. The number of hydrogen-bond donors (Lipinski definition) is 2. The molecule has 1 saturated carbocycles. The van der Waals surface area contributed by atoms with Gasteiger partial charge in [0.1, 0.15) is 0 Å². The summed E-state index contributed by atoms with van der Waals surface area (Å²) in [6.07, 6.45) is 6.49. The summed E-state index contributed by atoms with van der Waals surface area (Å²) in [6, 6.07) is 0.395. The average molecular weight is 317 g/mol. The van der Waals surface area contributed by atoms with E-state index in [0.717, 1.165) is 24.9 Å². The first-order valence-corrected chi connectivity index (χ1v) is 8.41. The highest BCUT2D eigenvalue weighted by molar-refractivity contribution is 5.84. The van der Waals surface area contributed by atoms with Crippen molar-refractivity contribution in [3.8, 4) is 0 Å². The van der Waals surface area contributed by atoms with E-state index >= 15 is 0 Å². The number of nitrogens with zero attached hydrogens (tertiary/aromatic N) is 3. The molecule has 0 bridgehead atoms. The fourth-order valence-electron chi connectivity index (χ4n) is 3.81. The van der Waals surface area contributed by atoms with Crippen molar-refractivity contribution in [2.45, 2.75) is 37.3 Å². The maximum atomic E-state index is 12.7. The van der Waals surface area contributed by atoms with Crippen LogP contribution in [0.4, 0.5) is 0 Å². The Kier molecular flexibility index (Phi) is 3.60. The largest absolute Gasteiger partial charge is 0.351 e. The zero-order valence-electron chi connectivity index (χ0n) is 13.4. The van der Waals surface area contributed by atoms with Gasteiger partial charge in [-0.2, -0.15) is 5.10 Å². The molecule has 2 amide bonds. The number of hydrogen-bond acceptors (Lipinski definition) is 4. The van der Waals surface area contributed by atoms with E-state index in [-0.39, 0.29) is 29.7 Å². The summed E-state index contributed by atoms with van der Waals surface area (Å²) in [7, 11) is 1.89. The lowest BCUT2D eigenvalue weighted by atomic mass is 9.90. The summed E-state index contributed by atoms with van der Waals surface area (Å²) in [4.78, 5) is 26.6. The predicted octanol–water partition coefficient (Wildman–Crippen LogP) is -0.397. The minimum absolute atomic E-state index is 0.0363. The fraction of sp³-hybridized carbons (Fsp3) is 0.688. The molecular weight excluding hydrogens is 294 g/mol. The summed E-state index contributed by atoms with van der Waals surface area (Å²) < 4.78 is 1.77. The summed E-state index contributed by atoms with van der Waals surface area (Å²) in [5.41, 5.74) is 1.10. The van der Waals surface area contributed by atoms with Gasteiger partial charge in [-0.3, -0.25) is 14.3 Å². The van der Waals surface area contributed by atoms with E-state index in [0.29, 0.717) is 25.6 Å². The minimum atomic E-state index is -0.0933. The van der Waals surface area contributed by atoms with Gasteiger partial charge in [0.25, 0.3) is 0 Å². The smallest absolute Gasteiger partial charge is 0.225 e. The molecule has 7 heteroatoms. The lowest BCUT2D eigenvalue weighted by Crippen LogP contribution is -2.42. The first-order chi connectivity index (χ1) is 11.1. The van der Waals surface area contributed by atoms with Gasteiger partial charge >= 0.3 is 0 Å². The Bertz CT molecular complexity index is 624. The highest BCUT2D eigenvalue weighted by Crippen LogP contribution is 2.31. The number of amides is 2. The van der Waals surface area contributed by atoms with Crippen molar-refractivity contribution in [1.82, 2.24) is 25.3 Å². The second kappa shape index (κ2) is 5.63. The van der Waals surface area contributed by atoms with E-state index in [1.807, 2.05) is 24.3 Å². The fourth-order valence-corrected chi connectivity index (χ4v) is 3.81. The summed E-state index contributed by atoms with van der Waals surface area (Å²) in [5.74, 6) is 0.301. The van der Waals surface area contributed by atoms with Crippen LogP contribution in [0.2, 0.25) is 0 Å². The number of carbonyl (C=O) groups excluding carboxylic acids is 2. The standard InChI is InChI=1S/C16H23N5O2/c1-20-8-10(5-18-20)13-6-17-7-14(13)16(23)19-11-4-15(22)21(9-11)12-2-3-12/h5,8,11-14,17H,2-4,6-7,9H2,1H3,(H,19,23)/t11?,13-,14+/m1/s1. The van der Waals surface area contributed by atoms with Crippen LogP contribution in [0, 0.1) is 5.92 Å². The van der Waals surface area contributed by atoms with Crippen LogP contribution >= 0.6 is 0 Å². The molecule has 1 aromatic rings. The highest BCUT2D eigenvalue weighted by Gasteiger charge is 2.41. The topological polar surface area (TPSA) is 79.3 Å². The van der Waals surface area contributed by atoms with Crippen LogP contribution in [0.3, 0.4) is 0 Å². The Morgan fingerprint density at radius 3 is 2.91 bits per heavy atom. The SMILES string of the molecule is Cn1cc([C@H]2CNC[C@@H]2C(=O)NC2CC(=O)N(C3CC3)C2)cn1. The number of aromatic nitrogens is 2. The molecule has 2 N–H and O–H groups in total. The Morgan fingerprint density at radius 2 is 2.22 bits per heavy atom. The Labute approximate surface area is 135 Å². The van der Waals surface area contributed by atoms with Crippen LogP contribution < -0.4 is 10.6 Å². The van der Waals surface area contributed by atoms with E-state index in [4.69, 9.17) is 0 Å². The molecule has 7 nitrogen and oxygen atoms in total. The van der Waals surface area contributed by atoms with Gasteiger partial charge in [0.2, 0.25) is 11.8 Å². The van der Waals surface area contributed by atoms with Crippen molar-refractivity contribution in [3.63, 3.8) is 0 Å². The number of nitrogens with one attached hydrogen (secondary N) is 2. The zero-order chi connectivity index (χ0) is 16.0. The third kappa shape index (κ3) is 2.85. The highest BCUT2D eigenvalue weighted by atomic mass is 16.2. The molecule has 3 heterocycles. The molecule has 1 unspecified atom stereocenters. The molecule has 0 spiro atoms. The third-order valence-corrected chi connectivity index (χ3v) is 5.20. The molecule has 3 fully saturated rings. The van der Waals surface area contributed by atoms with Crippen molar-refractivity contribution in [1.29, 1.82) is 0 Å². The first kappa shape index (κ1) is 14.7. The second-order valence-electron chi connectivity index (χ2n) is 7.01. The van der Waals surface area contributed by atoms with Gasteiger partial charge in [0.15, 0.2) is 0 Å². The Balaban J connectivity index is 1.39. The van der Waals surface area contributed by atoms with Crippen molar-refractivity contribution >= 4 is 11.8 Å². The lowest BCUT2D eigenvalue weighted by molar-refractivity contribution is -0.128. The normalized spacial score (nSPS) is 30.9. The monoisotopic (exact) mass is 317 g/mol. The molecule has 0 aromatic carbocycles. The molecule has 23 heavy (non-hydrogen) atoms. The van der Waals surface area contributed by atoms with Gasteiger partial charge in [0.05, 0.1) is 18.2 Å². The van der Waals surface area contributed by atoms with E-state index in [1.165, 1.54) is 0 Å². The van der Waals surface area contributed by atoms with Crippen molar-refractivity contribution in [2.24, 2.45) is 13.0 Å². The maximum absolute atomic E-state index is 12.7. The summed E-state index contributed by atoms with van der Waals surface area (Å²) in [6.45, 7) is 2.15. The summed E-state index contributed by atoms with van der Waals surface area (Å²) in [5, 5.41) is 10.6. The lowest BCUT2D eigenvalue weighted by Gasteiger charge is -2.20. The molecule has 1 aliphatic carbocycles. The van der Waals surface area contributed by atoms with Crippen LogP contribution in [0.25, 0.3) is 0 Å². The number of rotatable bonds is 4. The van der Waals surface area contributed by atoms with Gasteiger partial charge in [0, 0.05) is 51.3 Å². The Morgan fingerprint density at radius 1 is 1.39 bits per heavy atom. The number of carbonyl (C=O) groups is 2. The van der Waals surface area contributed by atoms with Crippen LogP contribution in [0.15, 0.2) is 12.4 Å². The molecule has 0 radical (unpaired) electrons. The molecular formula is C16H23N5O2. The van der Waals surface area contributed by atoms with Crippen LogP contribution in [-0.2, 0) is 16.6 Å². The van der Waals surface area contributed by atoms with Crippen LogP contribution in [0.1, 0.15) is 30.7 Å². The predicted molar refractivity (Wildman–Crippen MR) is 83.6 cm³/mol. The minimum Gasteiger partial charge on any atom is -0.351 e. The maximum Gasteiger partial charge on any atom is 0.225 e. The summed E-state index contributed by atoms with van der Waals surface area (Å²) >= 11 is 0. The molecule has 124 valence electrons.